The van der Waals surface area contributed by atoms with Crippen molar-refractivity contribution in [2.24, 2.45) is 0 Å². The zero-order valence-electron chi connectivity index (χ0n) is 11.4. The predicted molar refractivity (Wildman–Crippen MR) is 76.1 cm³/mol. The van der Waals surface area contributed by atoms with Crippen LogP contribution in [0, 0.1) is 12.3 Å². The monoisotopic (exact) mass is 274 g/mol. The third-order valence-electron chi connectivity index (χ3n) is 2.84. The number of aliphatic carboxylic acids is 1. The zero-order valence-corrected chi connectivity index (χ0v) is 11.4. The number of carboxylic acid groups (broad SMARTS) is 1. The Labute approximate surface area is 118 Å². The smallest absolute Gasteiger partial charge is 0.318 e. The fourth-order valence-electron chi connectivity index (χ4n) is 1.79. The highest BCUT2D eigenvalue weighted by Crippen LogP contribution is 2.09. The van der Waals surface area contributed by atoms with Gasteiger partial charge in [0.1, 0.15) is 0 Å². The van der Waals surface area contributed by atoms with Crippen molar-refractivity contribution in [3.05, 3.63) is 35.4 Å². The summed E-state index contributed by atoms with van der Waals surface area (Å²) in [7, 11) is 0. The first-order valence-corrected chi connectivity index (χ1v) is 6.33. The normalized spacial score (nSPS) is 9.60. The Bertz CT molecular complexity index is 520. The van der Waals surface area contributed by atoms with Gasteiger partial charge in [-0.05, 0) is 18.1 Å². The summed E-state index contributed by atoms with van der Waals surface area (Å²) < 4.78 is 0. The first-order valence-electron chi connectivity index (χ1n) is 6.33. The van der Waals surface area contributed by atoms with Gasteiger partial charge in [-0.15, -0.1) is 6.42 Å². The van der Waals surface area contributed by atoms with E-state index in [0.29, 0.717) is 12.1 Å². The molecule has 0 aromatic heterocycles. The average molecular weight is 274 g/mol. The number of carbonyl (C=O) groups excluding carboxylic acids is 1. The maximum Gasteiger partial charge on any atom is 0.318 e. The van der Waals surface area contributed by atoms with Crippen LogP contribution in [0.2, 0.25) is 0 Å². The van der Waals surface area contributed by atoms with E-state index < -0.39 is 5.97 Å². The second-order valence-corrected chi connectivity index (χ2v) is 4.22. The molecule has 0 radical (unpaired) electrons. The molecule has 0 unspecified atom stereocenters. The summed E-state index contributed by atoms with van der Waals surface area (Å²) in [5.74, 6) is 1.53. The molecule has 0 heterocycles. The summed E-state index contributed by atoms with van der Waals surface area (Å²) in [6, 6.07) is 6.88. The van der Waals surface area contributed by atoms with E-state index in [0.717, 1.165) is 5.56 Å². The van der Waals surface area contributed by atoms with E-state index in [4.69, 9.17) is 11.5 Å². The van der Waals surface area contributed by atoms with Gasteiger partial charge in [0.05, 0.1) is 13.0 Å². The molecule has 0 spiro atoms. The van der Waals surface area contributed by atoms with Gasteiger partial charge in [0.25, 0.3) is 0 Å². The highest BCUT2D eigenvalue weighted by atomic mass is 16.4. The summed E-state index contributed by atoms with van der Waals surface area (Å²) in [6.45, 7) is 2.89. The van der Waals surface area contributed by atoms with E-state index in [1.54, 1.807) is 18.2 Å². The van der Waals surface area contributed by atoms with E-state index in [1.807, 2.05) is 13.0 Å². The van der Waals surface area contributed by atoms with Crippen molar-refractivity contribution >= 4 is 12.0 Å². The van der Waals surface area contributed by atoms with Gasteiger partial charge in [-0.25, -0.2) is 4.79 Å². The van der Waals surface area contributed by atoms with Gasteiger partial charge in [0.15, 0.2) is 0 Å². The van der Waals surface area contributed by atoms with E-state index in [2.05, 4.69) is 11.2 Å². The Morgan fingerprint density at radius 1 is 1.35 bits per heavy atom. The molecular formula is C15H18N2O3. The minimum atomic E-state index is -0.897. The number of hydrogen-bond acceptors (Lipinski definition) is 2. The van der Waals surface area contributed by atoms with Crippen molar-refractivity contribution in [1.29, 1.82) is 0 Å². The Balaban J connectivity index is 2.68. The molecule has 0 aliphatic carbocycles. The van der Waals surface area contributed by atoms with Crippen LogP contribution in [0.5, 0.6) is 0 Å². The lowest BCUT2D eigenvalue weighted by Gasteiger charge is -2.19. The second kappa shape index (κ2) is 7.85. The number of terminal acetylenes is 1. The SMILES string of the molecule is C#CCN(CC)C(=O)NCc1ccccc1CC(=O)O. The molecule has 2 amide bonds. The lowest BCUT2D eigenvalue weighted by atomic mass is 10.0. The molecule has 0 saturated carbocycles. The van der Waals surface area contributed by atoms with E-state index in [9.17, 15) is 9.59 Å². The van der Waals surface area contributed by atoms with Crippen molar-refractivity contribution in [1.82, 2.24) is 10.2 Å². The van der Waals surface area contributed by atoms with Crippen molar-refractivity contribution < 1.29 is 14.7 Å². The molecule has 0 aliphatic rings. The Morgan fingerprint density at radius 2 is 2.00 bits per heavy atom. The van der Waals surface area contributed by atoms with Gasteiger partial charge in [-0.1, -0.05) is 30.2 Å². The molecule has 106 valence electrons. The fourth-order valence-corrected chi connectivity index (χ4v) is 1.79. The van der Waals surface area contributed by atoms with Crippen LogP contribution in [0.4, 0.5) is 4.79 Å². The molecule has 5 nitrogen and oxygen atoms in total. The molecular weight excluding hydrogens is 256 g/mol. The molecule has 0 saturated heterocycles. The number of nitrogens with zero attached hydrogens (tertiary/aromatic N) is 1. The summed E-state index contributed by atoms with van der Waals surface area (Å²) >= 11 is 0. The van der Waals surface area contributed by atoms with Gasteiger partial charge >= 0.3 is 12.0 Å². The van der Waals surface area contributed by atoms with Crippen molar-refractivity contribution in [3.8, 4) is 12.3 Å². The maximum atomic E-state index is 11.9. The molecule has 1 aromatic carbocycles. The third kappa shape index (κ3) is 4.65. The van der Waals surface area contributed by atoms with Crippen LogP contribution in [-0.2, 0) is 17.8 Å². The molecule has 1 rings (SSSR count). The molecule has 0 fully saturated rings. The Kier molecular flexibility index (Phi) is 6.11. The van der Waals surface area contributed by atoms with E-state index in [1.165, 1.54) is 4.90 Å². The highest BCUT2D eigenvalue weighted by Gasteiger charge is 2.11. The predicted octanol–water partition coefficient (Wildman–Crippen LogP) is 1.48. The summed E-state index contributed by atoms with van der Waals surface area (Å²) in [6.07, 6.45) is 5.13. The first kappa shape index (κ1) is 15.6. The molecule has 20 heavy (non-hydrogen) atoms. The van der Waals surface area contributed by atoms with Crippen LogP contribution < -0.4 is 5.32 Å². The van der Waals surface area contributed by atoms with Gasteiger partial charge in [0.2, 0.25) is 0 Å². The largest absolute Gasteiger partial charge is 0.481 e. The van der Waals surface area contributed by atoms with Gasteiger partial charge in [-0.2, -0.15) is 0 Å². The number of nitrogens with one attached hydrogen (secondary N) is 1. The molecule has 1 aromatic rings. The van der Waals surface area contributed by atoms with Crippen LogP contribution in [0.3, 0.4) is 0 Å². The van der Waals surface area contributed by atoms with Crippen LogP contribution in [0.25, 0.3) is 0 Å². The number of carboxylic acids is 1. The lowest BCUT2D eigenvalue weighted by molar-refractivity contribution is -0.136. The number of hydrogen-bond donors (Lipinski definition) is 2. The quantitative estimate of drug-likeness (QED) is 0.772. The lowest BCUT2D eigenvalue weighted by Crippen LogP contribution is -2.39. The molecule has 0 atom stereocenters. The van der Waals surface area contributed by atoms with Gasteiger partial charge in [-0.3, -0.25) is 4.79 Å². The number of amides is 2. The fraction of sp³-hybridized carbons (Fsp3) is 0.333. The maximum absolute atomic E-state index is 11.9. The van der Waals surface area contributed by atoms with Crippen LogP contribution >= 0.6 is 0 Å². The number of carbonyl (C=O) groups is 2. The zero-order chi connectivity index (χ0) is 15.0. The highest BCUT2D eigenvalue weighted by molar-refractivity contribution is 5.74. The van der Waals surface area contributed by atoms with Crippen LogP contribution in [0.15, 0.2) is 24.3 Å². The van der Waals surface area contributed by atoms with Crippen molar-refractivity contribution in [2.75, 3.05) is 13.1 Å². The van der Waals surface area contributed by atoms with Crippen LogP contribution in [-0.4, -0.2) is 35.1 Å². The van der Waals surface area contributed by atoms with Crippen LogP contribution in [0.1, 0.15) is 18.1 Å². The standard InChI is InChI=1S/C15H18N2O3/c1-3-9-17(4-2)15(20)16-11-13-8-6-5-7-12(13)10-14(18)19/h1,5-8H,4,9-11H2,2H3,(H,16,20)(H,18,19). The Hall–Kier alpha value is -2.48. The van der Waals surface area contributed by atoms with E-state index >= 15 is 0 Å². The molecule has 0 bridgehead atoms. The minimum Gasteiger partial charge on any atom is -0.481 e. The average Bonchev–Trinajstić information content (AvgIpc) is 2.43. The molecule has 5 heteroatoms. The number of rotatable bonds is 6. The molecule has 2 N–H and O–H groups in total. The number of benzene rings is 1. The summed E-state index contributed by atoms with van der Waals surface area (Å²) in [4.78, 5) is 24.2. The number of urea groups is 1. The topological polar surface area (TPSA) is 69.6 Å². The second-order valence-electron chi connectivity index (χ2n) is 4.22. The van der Waals surface area contributed by atoms with Gasteiger partial charge in [0, 0.05) is 13.1 Å². The van der Waals surface area contributed by atoms with Crippen molar-refractivity contribution in [2.45, 2.75) is 19.9 Å². The summed E-state index contributed by atoms with van der Waals surface area (Å²) in [5, 5.41) is 11.6. The molecule has 0 aliphatic heterocycles. The first-order chi connectivity index (χ1) is 9.58. The van der Waals surface area contributed by atoms with Gasteiger partial charge < -0.3 is 15.3 Å². The van der Waals surface area contributed by atoms with Crippen molar-refractivity contribution in [3.63, 3.8) is 0 Å². The Morgan fingerprint density at radius 3 is 2.55 bits per heavy atom. The minimum absolute atomic E-state index is 0.0616. The summed E-state index contributed by atoms with van der Waals surface area (Å²) in [5.41, 5.74) is 1.49. The third-order valence-corrected chi connectivity index (χ3v) is 2.84. The van der Waals surface area contributed by atoms with E-state index in [-0.39, 0.29) is 25.5 Å².